The predicted molar refractivity (Wildman–Crippen MR) is 67.6 cm³/mol. The standard InChI is InChI=1S/C14H20O3/c1-5-12(14(15)16)17-13-8-11(9(2)3)7-6-10(13)4/h6-9,12H,5H2,1-4H3,(H,15,16). The first kappa shape index (κ1) is 13.6. The molecule has 17 heavy (non-hydrogen) atoms. The minimum absolute atomic E-state index is 0.405. The highest BCUT2D eigenvalue weighted by atomic mass is 16.5. The van der Waals surface area contributed by atoms with Crippen LogP contribution in [0.25, 0.3) is 0 Å². The molecule has 0 aliphatic rings. The molecule has 3 nitrogen and oxygen atoms in total. The normalized spacial score (nSPS) is 12.5. The molecule has 1 atom stereocenters. The van der Waals surface area contributed by atoms with Crippen LogP contribution in [0, 0.1) is 6.92 Å². The van der Waals surface area contributed by atoms with Crippen LogP contribution in [0.2, 0.25) is 0 Å². The lowest BCUT2D eigenvalue weighted by Crippen LogP contribution is -2.26. The van der Waals surface area contributed by atoms with Crippen molar-refractivity contribution in [2.45, 2.75) is 46.1 Å². The second-order valence-electron chi connectivity index (χ2n) is 4.53. The largest absolute Gasteiger partial charge is 0.479 e. The van der Waals surface area contributed by atoms with Gasteiger partial charge in [0.05, 0.1) is 0 Å². The fourth-order valence-corrected chi connectivity index (χ4v) is 1.56. The van der Waals surface area contributed by atoms with Crippen LogP contribution in [0.15, 0.2) is 18.2 Å². The van der Waals surface area contributed by atoms with E-state index < -0.39 is 12.1 Å². The Hall–Kier alpha value is -1.51. The smallest absolute Gasteiger partial charge is 0.344 e. The van der Waals surface area contributed by atoms with Gasteiger partial charge < -0.3 is 9.84 Å². The molecule has 3 heteroatoms. The summed E-state index contributed by atoms with van der Waals surface area (Å²) in [6.07, 6.45) is -0.308. The summed E-state index contributed by atoms with van der Waals surface area (Å²) in [5, 5.41) is 8.98. The van der Waals surface area contributed by atoms with Crippen LogP contribution in [-0.2, 0) is 4.79 Å². The molecule has 0 aliphatic heterocycles. The number of aryl methyl sites for hydroxylation is 1. The second-order valence-corrected chi connectivity index (χ2v) is 4.53. The number of aliphatic carboxylic acids is 1. The van der Waals surface area contributed by atoms with Gasteiger partial charge in [-0.05, 0) is 36.5 Å². The Labute approximate surface area is 102 Å². The van der Waals surface area contributed by atoms with Gasteiger partial charge in [-0.15, -0.1) is 0 Å². The van der Waals surface area contributed by atoms with E-state index in [2.05, 4.69) is 19.9 Å². The number of rotatable bonds is 5. The number of ether oxygens (including phenoxy) is 1. The molecule has 0 spiro atoms. The van der Waals surface area contributed by atoms with E-state index in [0.717, 1.165) is 11.1 Å². The first-order valence-corrected chi connectivity index (χ1v) is 5.95. The third kappa shape index (κ3) is 3.48. The van der Waals surface area contributed by atoms with Crippen LogP contribution in [-0.4, -0.2) is 17.2 Å². The van der Waals surface area contributed by atoms with Crippen molar-refractivity contribution >= 4 is 5.97 Å². The summed E-state index contributed by atoms with van der Waals surface area (Å²) in [7, 11) is 0. The summed E-state index contributed by atoms with van der Waals surface area (Å²) in [6, 6.07) is 5.96. The van der Waals surface area contributed by atoms with Crippen LogP contribution in [0.3, 0.4) is 0 Å². The molecule has 1 rings (SSSR count). The van der Waals surface area contributed by atoms with E-state index >= 15 is 0 Å². The average Bonchev–Trinajstić information content (AvgIpc) is 2.27. The summed E-state index contributed by atoms with van der Waals surface area (Å²) in [5.41, 5.74) is 2.12. The van der Waals surface area contributed by atoms with Crippen molar-refractivity contribution in [2.75, 3.05) is 0 Å². The van der Waals surface area contributed by atoms with Gasteiger partial charge in [-0.3, -0.25) is 0 Å². The molecule has 0 saturated carbocycles. The Morgan fingerprint density at radius 2 is 2.06 bits per heavy atom. The van der Waals surface area contributed by atoms with Gasteiger partial charge in [0.2, 0.25) is 0 Å². The number of benzene rings is 1. The molecule has 1 aromatic rings. The molecule has 0 fully saturated rings. The molecule has 0 aromatic heterocycles. The van der Waals surface area contributed by atoms with E-state index in [4.69, 9.17) is 9.84 Å². The fourth-order valence-electron chi connectivity index (χ4n) is 1.56. The van der Waals surface area contributed by atoms with Crippen molar-refractivity contribution in [3.8, 4) is 5.75 Å². The summed E-state index contributed by atoms with van der Waals surface area (Å²) in [5.74, 6) is 0.162. The third-order valence-corrected chi connectivity index (χ3v) is 2.79. The van der Waals surface area contributed by atoms with Crippen LogP contribution >= 0.6 is 0 Å². The van der Waals surface area contributed by atoms with Gasteiger partial charge in [-0.25, -0.2) is 4.79 Å². The number of hydrogen-bond donors (Lipinski definition) is 1. The van der Waals surface area contributed by atoms with Gasteiger partial charge in [0.1, 0.15) is 5.75 Å². The van der Waals surface area contributed by atoms with Crippen molar-refractivity contribution in [3.05, 3.63) is 29.3 Å². The number of carboxylic acids is 1. The quantitative estimate of drug-likeness (QED) is 0.852. The molecular weight excluding hydrogens is 216 g/mol. The Morgan fingerprint density at radius 1 is 1.41 bits per heavy atom. The highest BCUT2D eigenvalue weighted by Crippen LogP contribution is 2.25. The maximum Gasteiger partial charge on any atom is 0.344 e. The van der Waals surface area contributed by atoms with Gasteiger partial charge in [0, 0.05) is 0 Å². The molecule has 94 valence electrons. The van der Waals surface area contributed by atoms with Crippen LogP contribution in [0.4, 0.5) is 0 Å². The van der Waals surface area contributed by atoms with Crippen molar-refractivity contribution < 1.29 is 14.6 Å². The molecular formula is C14H20O3. The molecule has 0 heterocycles. The summed E-state index contributed by atoms with van der Waals surface area (Å²) in [4.78, 5) is 10.9. The molecule has 0 amide bonds. The zero-order chi connectivity index (χ0) is 13.0. The lowest BCUT2D eigenvalue weighted by atomic mass is 10.0. The minimum atomic E-state index is -0.915. The third-order valence-electron chi connectivity index (χ3n) is 2.79. The SMILES string of the molecule is CCC(Oc1cc(C(C)C)ccc1C)C(=O)O. The van der Waals surface area contributed by atoms with Crippen molar-refractivity contribution in [3.63, 3.8) is 0 Å². The molecule has 0 radical (unpaired) electrons. The first-order valence-electron chi connectivity index (χ1n) is 5.95. The molecule has 0 saturated heterocycles. The monoisotopic (exact) mass is 236 g/mol. The molecule has 1 aromatic carbocycles. The number of carbonyl (C=O) groups is 1. The van der Waals surface area contributed by atoms with E-state index in [1.807, 2.05) is 19.1 Å². The number of carboxylic acid groups (broad SMARTS) is 1. The Kier molecular flexibility index (Phi) is 4.55. The maximum atomic E-state index is 10.9. The van der Waals surface area contributed by atoms with Gasteiger partial charge in [0.25, 0.3) is 0 Å². The first-order chi connectivity index (χ1) is 7.95. The number of hydrogen-bond acceptors (Lipinski definition) is 2. The Morgan fingerprint density at radius 3 is 2.53 bits per heavy atom. The topological polar surface area (TPSA) is 46.5 Å². The van der Waals surface area contributed by atoms with E-state index in [0.29, 0.717) is 18.1 Å². The van der Waals surface area contributed by atoms with Gasteiger partial charge in [-0.2, -0.15) is 0 Å². The van der Waals surface area contributed by atoms with Crippen LogP contribution < -0.4 is 4.74 Å². The van der Waals surface area contributed by atoms with Crippen LogP contribution in [0.1, 0.15) is 44.2 Å². The molecule has 1 unspecified atom stereocenters. The lowest BCUT2D eigenvalue weighted by Gasteiger charge is -2.17. The lowest BCUT2D eigenvalue weighted by molar-refractivity contribution is -0.145. The fraction of sp³-hybridized carbons (Fsp3) is 0.500. The molecule has 0 bridgehead atoms. The minimum Gasteiger partial charge on any atom is -0.479 e. The summed E-state index contributed by atoms with van der Waals surface area (Å²) < 4.78 is 5.55. The predicted octanol–water partition coefficient (Wildman–Crippen LogP) is 3.36. The van der Waals surface area contributed by atoms with E-state index in [-0.39, 0.29) is 0 Å². The van der Waals surface area contributed by atoms with E-state index in [1.165, 1.54) is 0 Å². The highest BCUT2D eigenvalue weighted by molar-refractivity contribution is 5.72. The van der Waals surface area contributed by atoms with Crippen molar-refractivity contribution in [1.29, 1.82) is 0 Å². The highest BCUT2D eigenvalue weighted by Gasteiger charge is 2.18. The van der Waals surface area contributed by atoms with Gasteiger partial charge >= 0.3 is 5.97 Å². The zero-order valence-corrected chi connectivity index (χ0v) is 10.9. The summed E-state index contributed by atoms with van der Waals surface area (Å²) >= 11 is 0. The van der Waals surface area contributed by atoms with Gasteiger partial charge in [0.15, 0.2) is 6.10 Å². The average molecular weight is 236 g/mol. The molecule has 1 N–H and O–H groups in total. The van der Waals surface area contributed by atoms with Crippen molar-refractivity contribution in [2.24, 2.45) is 0 Å². The Bertz CT molecular complexity index is 396. The van der Waals surface area contributed by atoms with Gasteiger partial charge in [-0.1, -0.05) is 32.9 Å². The zero-order valence-electron chi connectivity index (χ0n) is 10.9. The van der Waals surface area contributed by atoms with Crippen LogP contribution in [0.5, 0.6) is 5.75 Å². The Balaban J connectivity index is 2.96. The van der Waals surface area contributed by atoms with E-state index in [1.54, 1.807) is 6.92 Å². The molecule has 0 aliphatic carbocycles. The van der Waals surface area contributed by atoms with E-state index in [9.17, 15) is 4.79 Å². The van der Waals surface area contributed by atoms with Crippen molar-refractivity contribution in [1.82, 2.24) is 0 Å². The summed E-state index contributed by atoms with van der Waals surface area (Å²) in [6.45, 7) is 7.93. The maximum absolute atomic E-state index is 10.9. The second kappa shape index (κ2) is 5.71.